The molecule has 1 aromatic heterocycles. The van der Waals surface area contributed by atoms with Crippen molar-refractivity contribution in [3.05, 3.63) is 89.1 Å². The molecule has 0 spiro atoms. The van der Waals surface area contributed by atoms with Gasteiger partial charge >= 0.3 is 0 Å². The van der Waals surface area contributed by atoms with Crippen LogP contribution in [0.15, 0.2) is 65.3 Å². The average Bonchev–Trinajstić information content (AvgIpc) is 3.28. The Bertz CT molecular complexity index is 1070. The molecule has 0 atom stereocenters. The van der Waals surface area contributed by atoms with Gasteiger partial charge in [0.15, 0.2) is 0 Å². The molecule has 0 unspecified atom stereocenters. The highest BCUT2D eigenvalue weighted by atomic mass is 19.1. The second-order valence-electron chi connectivity index (χ2n) is 7.64. The molecule has 5 nitrogen and oxygen atoms in total. The minimum Gasteiger partial charge on any atom is -0.467 e. The summed E-state index contributed by atoms with van der Waals surface area (Å²) < 4.78 is 18.8. The number of halogens is 1. The van der Waals surface area contributed by atoms with Gasteiger partial charge in [-0.2, -0.15) is 0 Å². The number of anilines is 1. The zero-order chi connectivity index (χ0) is 20.6. The monoisotopic (exact) mass is 392 g/mol. The second-order valence-corrected chi connectivity index (χ2v) is 7.64. The molecule has 0 fully saturated rings. The van der Waals surface area contributed by atoms with Gasteiger partial charge in [0.2, 0.25) is 5.91 Å². The Morgan fingerprint density at radius 1 is 1.14 bits per heavy atom. The van der Waals surface area contributed by atoms with Gasteiger partial charge in [-0.3, -0.25) is 9.59 Å². The van der Waals surface area contributed by atoms with Gasteiger partial charge in [0.1, 0.15) is 11.6 Å². The van der Waals surface area contributed by atoms with E-state index in [1.54, 1.807) is 47.6 Å². The van der Waals surface area contributed by atoms with Gasteiger partial charge in [0.25, 0.3) is 5.91 Å². The maximum Gasteiger partial charge on any atom is 0.251 e. The molecule has 2 aromatic carbocycles. The third kappa shape index (κ3) is 3.53. The van der Waals surface area contributed by atoms with Gasteiger partial charge in [0.05, 0.1) is 24.8 Å². The van der Waals surface area contributed by atoms with Crippen molar-refractivity contribution in [3.8, 4) is 0 Å². The molecule has 0 saturated carbocycles. The standard InChI is InChI=1S/C23H21FN2O3/c1-23(2)19-9-8-16(21(27)25-13-18-7-4-10-29-18)12-20(19)26(22(23)28)14-15-5-3-6-17(24)11-15/h3-12H,13-14H2,1-2H3,(H,25,27). The maximum absolute atomic E-state index is 13.6. The van der Waals surface area contributed by atoms with Crippen molar-refractivity contribution >= 4 is 17.5 Å². The molecule has 2 amide bonds. The number of fused-ring (bicyclic) bond motifs is 1. The number of benzene rings is 2. The quantitative estimate of drug-likeness (QED) is 0.709. The third-order valence-electron chi connectivity index (χ3n) is 5.24. The molecular formula is C23H21FN2O3. The van der Waals surface area contributed by atoms with Crippen LogP contribution in [0, 0.1) is 5.82 Å². The van der Waals surface area contributed by atoms with Crippen molar-refractivity contribution in [1.82, 2.24) is 5.32 Å². The number of hydrogen-bond donors (Lipinski definition) is 1. The van der Waals surface area contributed by atoms with Gasteiger partial charge in [0, 0.05) is 11.3 Å². The van der Waals surface area contributed by atoms with E-state index in [9.17, 15) is 14.0 Å². The molecule has 3 aromatic rings. The van der Waals surface area contributed by atoms with Crippen molar-refractivity contribution in [2.24, 2.45) is 0 Å². The van der Waals surface area contributed by atoms with Gasteiger partial charge in [-0.05, 0) is 61.4 Å². The number of furan rings is 1. The minimum atomic E-state index is -0.716. The summed E-state index contributed by atoms with van der Waals surface area (Å²) in [6.45, 7) is 4.23. The van der Waals surface area contributed by atoms with Crippen molar-refractivity contribution in [1.29, 1.82) is 0 Å². The van der Waals surface area contributed by atoms with Crippen LogP contribution in [0.4, 0.5) is 10.1 Å². The van der Waals surface area contributed by atoms with Crippen LogP contribution in [0.2, 0.25) is 0 Å². The molecular weight excluding hydrogens is 371 g/mol. The third-order valence-corrected chi connectivity index (χ3v) is 5.24. The van der Waals surface area contributed by atoms with Gasteiger partial charge in [-0.15, -0.1) is 0 Å². The molecule has 4 rings (SSSR count). The van der Waals surface area contributed by atoms with Crippen LogP contribution >= 0.6 is 0 Å². The number of carbonyl (C=O) groups excluding carboxylic acids is 2. The zero-order valence-electron chi connectivity index (χ0n) is 16.2. The van der Waals surface area contributed by atoms with Crippen molar-refractivity contribution < 1.29 is 18.4 Å². The van der Waals surface area contributed by atoms with E-state index >= 15 is 0 Å². The first-order valence-electron chi connectivity index (χ1n) is 9.38. The molecule has 29 heavy (non-hydrogen) atoms. The normalized spacial score (nSPS) is 14.7. The lowest BCUT2D eigenvalue weighted by Crippen LogP contribution is -2.35. The largest absolute Gasteiger partial charge is 0.467 e. The molecule has 0 radical (unpaired) electrons. The molecule has 148 valence electrons. The van der Waals surface area contributed by atoms with E-state index in [0.717, 1.165) is 5.56 Å². The molecule has 6 heteroatoms. The maximum atomic E-state index is 13.6. The minimum absolute atomic E-state index is 0.0788. The predicted molar refractivity (Wildman–Crippen MR) is 107 cm³/mol. The number of carbonyl (C=O) groups is 2. The zero-order valence-corrected chi connectivity index (χ0v) is 16.2. The molecule has 1 aliphatic heterocycles. The average molecular weight is 392 g/mol. The molecule has 1 aliphatic rings. The second kappa shape index (κ2) is 7.20. The summed E-state index contributed by atoms with van der Waals surface area (Å²) in [7, 11) is 0. The number of rotatable bonds is 5. The van der Waals surface area contributed by atoms with Gasteiger partial charge in [-0.25, -0.2) is 4.39 Å². The highest BCUT2D eigenvalue weighted by Crippen LogP contribution is 2.42. The van der Waals surface area contributed by atoms with Crippen LogP contribution in [0.25, 0.3) is 0 Å². The smallest absolute Gasteiger partial charge is 0.251 e. The summed E-state index contributed by atoms with van der Waals surface area (Å²) in [6, 6.07) is 15.0. The fraction of sp³-hybridized carbons (Fsp3) is 0.217. The van der Waals surface area contributed by atoms with E-state index in [1.165, 1.54) is 12.1 Å². The van der Waals surface area contributed by atoms with Crippen LogP contribution in [-0.2, 0) is 23.3 Å². The first-order chi connectivity index (χ1) is 13.9. The molecule has 1 N–H and O–H groups in total. The topological polar surface area (TPSA) is 62.6 Å². The van der Waals surface area contributed by atoms with E-state index < -0.39 is 5.41 Å². The van der Waals surface area contributed by atoms with Gasteiger partial charge in [-0.1, -0.05) is 18.2 Å². The first-order valence-corrected chi connectivity index (χ1v) is 9.38. The Hall–Kier alpha value is -3.41. The molecule has 0 saturated heterocycles. The summed E-state index contributed by atoms with van der Waals surface area (Å²) in [6.07, 6.45) is 1.55. The van der Waals surface area contributed by atoms with Crippen molar-refractivity contribution in [2.75, 3.05) is 4.90 Å². The van der Waals surface area contributed by atoms with Gasteiger partial charge < -0.3 is 14.6 Å². The fourth-order valence-electron chi connectivity index (χ4n) is 3.64. The predicted octanol–water partition coefficient (Wildman–Crippen LogP) is 4.17. The SMILES string of the molecule is CC1(C)C(=O)N(Cc2cccc(F)c2)c2cc(C(=O)NCc3ccco3)ccc21. The van der Waals surface area contributed by atoms with Crippen LogP contribution in [0.1, 0.15) is 41.1 Å². The van der Waals surface area contributed by atoms with Crippen LogP contribution < -0.4 is 10.2 Å². The van der Waals surface area contributed by atoms with Crippen LogP contribution in [0.3, 0.4) is 0 Å². The highest BCUT2D eigenvalue weighted by Gasteiger charge is 2.44. The lowest BCUT2D eigenvalue weighted by atomic mass is 9.86. The number of nitrogens with one attached hydrogen (secondary N) is 1. The summed E-state index contributed by atoms with van der Waals surface area (Å²) in [5.41, 5.74) is 1.95. The Balaban J connectivity index is 1.62. The van der Waals surface area contributed by atoms with Crippen LogP contribution in [-0.4, -0.2) is 11.8 Å². The van der Waals surface area contributed by atoms with Crippen molar-refractivity contribution in [3.63, 3.8) is 0 Å². The van der Waals surface area contributed by atoms with E-state index in [1.807, 2.05) is 19.9 Å². The lowest BCUT2D eigenvalue weighted by molar-refractivity contribution is -0.122. The van der Waals surface area contributed by atoms with Crippen molar-refractivity contribution in [2.45, 2.75) is 32.4 Å². The molecule has 0 aliphatic carbocycles. The number of hydrogen-bond acceptors (Lipinski definition) is 3. The first kappa shape index (κ1) is 18.9. The highest BCUT2D eigenvalue weighted by molar-refractivity contribution is 6.08. The van der Waals surface area contributed by atoms with Crippen LogP contribution in [0.5, 0.6) is 0 Å². The summed E-state index contributed by atoms with van der Waals surface area (Å²) in [5.74, 6) is -0.0276. The molecule has 0 bridgehead atoms. The summed E-state index contributed by atoms with van der Waals surface area (Å²) >= 11 is 0. The van der Waals surface area contributed by atoms with E-state index in [2.05, 4.69) is 5.32 Å². The fourth-order valence-corrected chi connectivity index (χ4v) is 3.64. The Morgan fingerprint density at radius 2 is 1.97 bits per heavy atom. The summed E-state index contributed by atoms with van der Waals surface area (Å²) in [4.78, 5) is 27.3. The lowest BCUT2D eigenvalue weighted by Gasteiger charge is -2.20. The Labute approximate surface area is 168 Å². The van der Waals surface area contributed by atoms with E-state index in [0.29, 0.717) is 22.6 Å². The Kier molecular flexibility index (Phi) is 4.70. The molecule has 2 heterocycles. The Morgan fingerprint density at radius 3 is 2.69 bits per heavy atom. The number of nitrogens with zero attached hydrogens (tertiary/aromatic N) is 1. The van der Waals surface area contributed by atoms with E-state index in [-0.39, 0.29) is 30.7 Å². The summed E-state index contributed by atoms with van der Waals surface area (Å²) in [5, 5.41) is 2.81. The van der Waals surface area contributed by atoms with E-state index in [4.69, 9.17) is 4.42 Å². The number of amides is 2.